The molecule has 2 N–H and O–H groups in total. The lowest BCUT2D eigenvalue weighted by atomic mass is 10.1. The summed E-state index contributed by atoms with van der Waals surface area (Å²) in [6.07, 6.45) is 3.56. The van der Waals surface area contributed by atoms with E-state index in [1.807, 2.05) is 29.2 Å². The van der Waals surface area contributed by atoms with Crippen LogP contribution in [0.1, 0.15) is 31.7 Å². The molecule has 2 fully saturated rings. The molecule has 3 rings (SSSR count). The lowest BCUT2D eigenvalue weighted by Crippen LogP contribution is -2.40. The van der Waals surface area contributed by atoms with Crippen molar-refractivity contribution in [2.45, 2.75) is 44.7 Å². The van der Waals surface area contributed by atoms with Gasteiger partial charge in [0, 0.05) is 24.7 Å². The van der Waals surface area contributed by atoms with Gasteiger partial charge in [-0.15, -0.1) is 0 Å². The van der Waals surface area contributed by atoms with Gasteiger partial charge in [-0.25, -0.2) is 4.79 Å². The number of urea groups is 1. The van der Waals surface area contributed by atoms with E-state index in [9.17, 15) is 9.59 Å². The minimum Gasteiger partial charge on any atom is -0.338 e. The molecule has 1 saturated carbocycles. The number of carbonyl (C=O) groups is 2. The number of amides is 3. The maximum absolute atomic E-state index is 12.0. The molecule has 1 aliphatic heterocycles. The normalized spacial score (nSPS) is 21.5. The van der Waals surface area contributed by atoms with Gasteiger partial charge in [-0.05, 0) is 37.0 Å². The summed E-state index contributed by atoms with van der Waals surface area (Å²) >= 11 is 0. The Labute approximate surface area is 124 Å². The molecule has 3 amide bonds. The van der Waals surface area contributed by atoms with Crippen molar-refractivity contribution in [3.05, 3.63) is 29.8 Å². The third-order valence-corrected chi connectivity index (χ3v) is 4.07. The second-order valence-corrected chi connectivity index (χ2v) is 5.83. The van der Waals surface area contributed by atoms with Gasteiger partial charge in [0.25, 0.3) is 0 Å². The molecule has 5 nitrogen and oxygen atoms in total. The van der Waals surface area contributed by atoms with Crippen molar-refractivity contribution in [1.82, 2.24) is 10.2 Å². The van der Waals surface area contributed by atoms with E-state index in [4.69, 9.17) is 0 Å². The fraction of sp³-hybridized carbons (Fsp3) is 0.500. The van der Waals surface area contributed by atoms with E-state index in [2.05, 4.69) is 17.6 Å². The van der Waals surface area contributed by atoms with E-state index in [1.165, 1.54) is 5.56 Å². The Hall–Kier alpha value is -2.04. The zero-order valence-corrected chi connectivity index (χ0v) is 12.3. The van der Waals surface area contributed by atoms with Gasteiger partial charge in [-0.2, -0.15) is 0 Å². The van der Waals surface area contributed by atoms with E-state index in [0.717, 1.165) is 24.9 Å². The second kappa shape index (κ2) is 5.76. The van der Waals surface area contributed by atoms with E-state index in [1.54, 1.807) is 0 Å². The van der Waals surface area contributed by atoms with Crippen LogP contribution in [0.4, 0.5) is 10.5 Å². The van der Waals surface area contributed by atoms with Gasteiger partial charge in [0.15, 0.2) is 0 Å². The van der Waals surface area contributed by atoms with Gasteiger partial charge in [-0.3, -0.25) is 4.79 Å². The average molecular weight is 287 g/mol. The summed E-state index contributed by atoms with van der Waals surface area (Å²) < 4.78 is 0. The Bertz CT molecular complexity index is 554. The SMILES string of the molecule is CCc1cccc(NC(=O)N[C@H]2CC(=O)N(C3CC3)C2)c1. The minimum absolute atomic E-state index is 0.0764. The Morgan fingerprint density at radius 2 is 2.19 bits per heavy atom. The predicted molar refractivity (Wildman–Crippen MR) is 81.1 cm³/mol. The summed E-state index contributed by atoms with van der Waals surface area (Å²) in [4.78, 5) is 25.8. The number of nitrogens with zero attached hydrogens (tertiary/aromatic N) is 1. The third kappa shape index (κ3) is 3.35. The van der Waals surface area contributed by atoms with Gasteiger partial charge in [0.2, 0.25) is 5.91 Å². The van der Waals surface area contributed by atoms with E-state index < -0.39 is 0 Å². The third-order valence-electron chi connectivity index (χ3n) is 4.07. The molecule has 0 spiro atoms. The molecule has 5 heteroatoms. The number of nitrogens with one attached hydrogen (secondary N) is 2. The molecule has 21 heavy (non-hydrogen) atoms. The summed E-state index contributed by atoms with van der Waals surface area (Å²) in [6.45, 7) is 2.72. The molecule has 0 bridgehead atoms. The Kier molecular flexibility index (Phi) is 3.82. The van der Waals surface area contributed by atoms with E-state index in [0.29, 0.717) is 19.0 Å². The van der Waals surface area contributed by atoms with Crippen LogP contribution in [0.15, 0.2) is 24.3 Å². The molecule has 1 aliphatic carbocycles. The summed E-state index contributed by atoms with van der Waals surface area (Å²) in [5.41, 5.74) is 1.97. The van der Waals surface area contributed by atoms with Crippen molar-refractivity contribution in [2.75, 3.05) is 11.9 Å². The fourth-order valence-corrected chi connectivity index (χ4v) is 2.79. The van der Waals surface area contributed by atoms with Crippen molar-refractivity contribution in [3.63, 3.8) is 0 Å². The quantitative estimate of drug-likeness (QED) is 0.891. The van der Waals surface area contributed by atoms with Crippen molar-refractivity contribution in [1.29, 1.82) is 0 Å². The second-order valence-electron chi connectivity index (χ2n) is 5.83. The molecule has 1 heterocycles. The molecule has 1 aromatic carbocycles. The number of likely N-dealkylation sites (tertiary alicyclic amines) is 1. The minimum atomic E-state index is -0.237. The smallest absolute Gasteiger partial charge is 0.319 e. The number of anilines is 1. The van der Waals surface area contributed by atoms with E-state index in [-0.39, 0.29) is 18.0 Å². The van der Waals surface area contributed by atoms with Crippen LogP contribution in [-0.4, -0.2) is 35.5 Å². The molecule has 112 valence electrons. The molecule has 2 aliphatic rings. The molecule has 1 aromatic rings. The van der Waals surface area contributed by atoms with Crippen LogP contribution in [0.25, 0.3) is 0 Å². The highest BCUT2D eigenvalue weighted by molar-refractivity contribution is 5.90. The van der Waals surface area contributed by atoms with Crippen molar-refractivity contribution < 1.29 is 9.59 Å². The number of hydrogen-bond acceptors (Lipinski definition) is 2. The van der Waals surface area contributed by atoms with Crippen molar-refractivity contribution in [2.24, 2.45) is 0 Å². The highest BCUT2D eigenvalue weighted by atomic mass is 16.2. The fourth-order valence-electron chi connectivity index (χ4n) is 2.79. The Morgan fingerprint density at radius 3 is 2.90 bits per heavy atom. The van der Waals surface area contributed by atoms with Gasteiger partial charge in [0.1, 0.15) is 0 Å². The topological polar surface area (TPSA) is 61.4 Å². The van der Waals surface area contributed by atoms with Crippen LogP contribution in [0.5, 0.6) is 0 Å². The molecule has 0 radical (unpaired) electrons. The first-order valence-electron chi connectivity index (χ1n) is 7.61. The van der Waals surface area contributed by atoms with Crippen molar-refractivity contribution >= 4 is 17.6 Å². The Morgan fingerprint density at radius 1 is 1.38 bits per heavy atom. The zero-order chi connectivity index (χ0) is 14.8. The molecule has 0 unspecified atom stereocenters. The average Bonchev–Trinajstić information content (AvgIpc) is 3.23. The first-order valence-corrected chi connectivity index (χ1v) is 7.61. The maximum atomic E-state index is 12.0. The number of benzene rings is 1. The molecule has 0 aromatic heterocycles. The molecular weight excluding hydrogens is 266 g/mol. The van der Waals surface area contributed by atoms with E-state index >= 15 is 0 Å². The van der Waals surface area contributed by atoms with Gasteiger partial charge in [-0.1, -0.05) is 19.1 Å². The lowest BCUT2D eigenvalue weighted by Gasteiger charge is -2.16. The summed E-state index contributed by atoms with van der Waals surface area (Å²) in [5, 5.41) is 5.73. The predicted octanol–water partition coefficient (Wildman–Crippen LogP) is 2.13. The Balaban J connectivity index is 1.53. The maximum Gasteiger partial charge on any atom is 0.319 e. The highest BCUT2D eigenvalue weighted by Gasteiger charge is 2.39. The summed E-state index contributed by atoms with van der Waals surface area (Å²) in [6, 6.07) is 7.92. The zero-order valence-electron chi connectivity index (χ0n) is 12.3. The largest absolute Gasteiger partial charge is 0.338 e. The summed E-state index contributed by atoms with van der Waals surface area (Å²) in [7, 11) is 0. The highest BCUT2D eigenvalue weighted by Crippen LogP contribution is 2.30. The first kappa shape index (κ1) is 13.9. The standard InChI is InChI=1S/C16H21N3O2/c1-2-11-4-3-5-12(8-11)17-16(21)18-13-9-15(20)19(10-13)14-6-7-14/h3-5,8,13-14H,2,6-7,9-10H2,1H3,(H2,17,18,21)/t13-/m0/s1. The number of aryl methyl sites for hydroxylation is 1. The number of rotatable bonds is 4. The monoisotopic (exact) mass is 287 g/mol. The molecule has 1 atom stereocenters. The van der Waals surface area contributed by atoms with Crippen LogP contribution in [0, 0.1) is 0 Å². The summed E-state index contributed by atoms with van der Waals surface area (Å²) in [5.74, 6) is 0.163. The van der Waals surface area contributed by atoms with Crippen molar-refractivity contribution in [3.8, 4) is 0 Å². The van der Waals surface area contributed by atoms with Gasteiger partial charge in [0.05, 0.1) is 6.04 Å². The van der Waals surface area contributed by atoms with Gasteiger partial charge >= 0.3 is 6.03 Å². The van der Waals surface area contributed by atoms with Gasteiger partial charge < -0.3 is 15.5 Å². The molecule has 1 saturated heterocycles. The molecular formula is C16H21N3O2. The van der Waals surface area contributed by atoms with Crippen LogP contribution in [0.2, 0.25) is 0 Å². The van der Waals surface area contributed by atoms with Crippen LogP contribution >= 0.6 is 0 Å². The first-order chi connectivity index (χ1) is 10.2. The number of carbonyl (C=O) groups excluding carboxylic acids is 2. The van der Waals surface area contributed by atoms with Crippen LogP contribution in [0.3, 0.4) is 0 Å². The number of hydrogen-bond donors (Lipinski definition) is 2. The lowest BCUT2D eigenvalue weighted by molar-refractivity contribution is -0.128. The van der Waals surface area contributed by atoms with Crippen LogP contribution < -0.4 is 10.6 Å². The van der Waals surface area contributed by atoms with Crippen LogP contribution in [-0.2, 0) is 11.2 Å².